The normalized spacial score (nSPS) is 11.2. The first-order valence-corrected chi connectivity index (χ1v) is 10.1. The van der Waals surface area contributed by atoms with E-state index < -0.39 is 0 Å². The Hall–Kier alpha value is -3.32. The number of rotatable bonds is 7. The van der Waals surface area contributed by atoms with Gasteiger partial charge in [-0.05, 0) is 42.2 Å². The molecule has 0 aliphatic carbocycles. The van der Waals surface area contributed by atoms with E-state index in [1.165, 1.54) is 22.3 Å². The van der Waals surface area contributed by atoms with Crippen LogP contribution in [0, 0.1) is 6.92 Å². The molecule has 29 heavy (non-hydrogen) atoms. The van der Waals surface area contributed by atoms with Crippen molar-refractivity contribution >= 4 is 0 Å². The predicted molar refractivity (Wildman–Crippen MR) is 120 cm³/mol. The number of benzene rings is 4. The first-order chi connectivity index (χ1) is 14.3. The molecule has 4 rings (SSSR count). The molecular formula is C28H26O. The third-order valence-electron chi connectivity index (χ3n) is 5.57. The van der Waals surface area contributed by atoms with E-state index in [9.17, 15) is 0 Å². The van der Waals surface area contributed by atoms with Crippen molar-refractivity contribution in [2.75, 3.05) is 6.61 Å². The zero-order valence-electron chi connectivity index (χ0n) is 16.8. The molecule has 1 heteroatoms. The highest BCUT2D eigenvalue weighted by Gasteiger charge is 2.36. The highest BCUT2D eigenvalue weighted by molar-refractivity contribution is 5.50. The SMILES string of the molecule is Cc1ccc(OCCC(c2ccccc2)(c2ccccc2)c2ccccc2)cc1. The minimum absolute atomic E-state index is 0.269. The van der Waals surface area contributed by atoms with E-state index in [0.29, 0.717) is 6.61 Å². The lowest BCUT2D eigenvalue weighted by Crippen LogP contribution is -2.31. The van der Waals surface area contributed by atoms with Gasteiger partial charge in [-0.3, -0.25) is 0 Å². The van der Waals surface area contributed by atoms with Crippen LogP contribution >= 0.6 is 0 Å². The lowest BCUT2D eigenvalue weighted by atomic mass is 9.67. The van der Waals surface area contributed by atoms with E-state index in [-0.39, 0.29) is 5.41 Å². The van der Waals surface area contributed by atoms with Gasteiger partial charge in [0.05, 0.1) is 6.61 Å². The van der Waals surface area contributed by atoms with Crippen LogP contribution in [0.3, 0.4) is 0 Å². The van der Waals surface area contributed by atoms with Crippen LogP contribution in [-0.4, -0.2) is 6.61 Å². The number of ether oxygens (including phenoxy) is 1. The Bertz CT molecular complexity index is 909. The molecule has 0 aromatic heterocycles. The minimum atomic E-state index is -0.269. The smallest absolute Gasteiger partial charge is 0.119 e. The molecule has 0 radical (unpaired) electrons. The first-order valence-electron chi connectivity index (χ1n) is 10.1. The first kappa shape index (κ1) is 19.0. The summed E-state index contributed by atoms with van der Waals surface area (Å²) in [6.07, 6.45) is 0.846. The van der Waals surface area contributed by atoms with Gasteiger partial charge < -0.3 is 4.74 Å². The molecule has 0 fully saturated rings. The predicted octanol–water partition coefficient (Wildman–Crippen LogP) is 6.80. The van der Waals surface area contributed by atoms with Gasteiger partial charge in [-0.2, -0.15) is 0 Å². The molecule has 0 heterocycles. The topological polar surface area (TPSA) is 9.23 Å². The maximum atomic E-state index is 6.18. The average Bonchev–Trinajstić information content (AvgIpc) is 2.80. The molecule has 0 bridgehead atoms. The zero-order valence-corrected chi connectivity index (χ0v) is 16.8. The van der Waals surface area contributed by atoms with Crippen molar-refractivity contribution in [2.45, 2.75) is 18.8 Å². The molecule has 0 saturated carbocycles. The molecule has 144 valence electrons. The molecular weight excluding hydrogens is 352 g/mol. The van der Waals surface area contributed by atoms with Crippen molar-refractivity contribution in [3.8, 4) is 5.75 Å². The second kappa shape index (κ2) is 8.79. The number of hydrogen-bond acceptors (Lipinski definition) is 1. The van der Waals surface area contributed by atoms with Crippen LogP contribution in [0.25, 0.3) is 0 Å². The van der Waals surface area contributed by atoms with Crippen LogP contribution in [0.15, 0.2) is 115 Å². The summed E-state index contributed by atoms with van der Waals surface area (Å²) < 4.78 is 6.18. The summed E-state index contributed by atoms with van der Waals surface area (Å²) in [5.41, 5.74) is 4.82. The lowest BCUT2D eigenvalue weighted by Gasteiger charge is -2.36. The Morgan fingerprint density at radius 1 is 0.552 bits per heavy atom. The molecule has 0 N–H and O–H groups in total. The molecule has 4 aromatic rings. The van der Waals surface area contributed by atoms with Crippen molar-refractivity contribution in [1.29, 1.82) is 0 Å². The Kier molecular flexibility index (Phi) is 5.76. The summed E-state index contributed by atoms with van der Waals surface area (Å²) in [6, 6.07) is 40.6. The molecule has 4 aromatic carbocycles. The van der Waals surface area contributed by atoms with Crippen LogP contribution in [0.1, 0.15) is 28.7 Å². The van der Waals surface area contributed by atoms with Crippen LogP contribution in [0.5, 0.6) is 5.75 Å². The molecule has 0 unspecified atom stereocenters. The molecule has 0 amide bonds. The standard InChI is InChI=1S/C28H26O/c1-23-17-19-27(20-18-23)29-22-21-28(24-11-5-2-6-12-24,25-13-7-3-8-14-25)26-15-9-4-10-16-26/h2-20H,21-22H2,1H3. The second-order valence-electron chi connectivity index (χ2n) is 7.41. The van der Waals surface area contributed by atoms with Gasteiger partial charge in [-0.25, -0.2) is 0 Å². The summed E-state index contributed by atoms with van der Waals surface area (Å²) >= 11 is 0. The molecule has 0 atom stereocenters. The lowest BCUT2D eigenvalue weighted by molar-refractivity contribution is 0.286. The van der Waals surface area contributed by atoms with Gasteiger partial charge in [0.15, 0.2) is 0 Å². The molecule has 0 aliphatic rings. The maximum absolute atomic E-state index is 6.18. The summed E-state index contributed by atoms with van der Waals surface area (Å²) in [7, 11) is 0. The van der Waals surface area contributed by atoms with E-state index in [4.69, 9.17) is 4.74 Å². The highest BCUT2D eigenvalue weighted by Crippen LogP contribution is 2.42. The summed E-state index contributed by atoms with van der Waals surface area (Å²) in [5, 5.41) is 0. The van der Waals surface area contributed by atoms with Crippen molar-refractivity contribution < 1.29 is 4.74 Å². The van der Waals surface area contributed by atoms with Gasteiger partial charge in [0.25, 0.3) is 0 Å². The molecule has 0 spiro atoms. The van der Waals surface area contributed by atoms with Gasteiger partial charge in [-0.15, -0.1) is 0 Å². The number of hydrogen-bond donors (Lipinski definition) is 0. The van der Waals surface area contributed by atoms with Crippen molar-refractivity contribution in [3.05, 3.63) is 138 Å². The van der Waals surface area contributed by atoms with E-state index in [0.717, 1.165) is 12.2 Å². The average molecular weight is 379 g/mol. The molecule has 0 saturated heterocycles. The zero-order chi connectivity index (χ0) is 19.9. The summed E-state index contributed by atoms with van der Waals surface area (Å²) in [4.78, 5) is 0. The van der Waals surface area contributed by atoms with Crippen LogP contribution in [0.4, 0.5) is 0 Å². The Balaban J connectivity index is 1.76. The Morgan fingerprint density at radius 3 is 1.38 bits per heavy atom. The monoisotopic (exact) mass is 378 g/mol. The Morgan fingerprint density at radius 2 is 0.966 bits per heavy atom. The summed E-state index contributed by atoms with van der Waals surface area (Å²) in [5.74, 6) is 0.915. The van der Waals surface area contributed by atoms with Crippen molar-refractivity contribution in [2.24, 2.45) is 0 Å². The fourth-order valence-electron chi connectivity index (χ4n) is 4.06. The van der Waals surface area contributed by atoms with Gasteiger partial charge in [0, 0.05) is 5.41 Å². The van der Waals surface area contributed by atoms with Crippen LogP contribution < -0.4 is 4.74 Å². The third-order valence-corrected chi connectivity index (χ3v) is 5.57. The molecule has 1 nitrogen and oxygen atoms in total. The van der Waals surface area contributed by atoms with Gasteiger partial charge in [0.2, 0.25) is 0 Å². The fraction of sp³-hybridized carbons (Fsp3) is 0.143. The van der Waals surface area contributed by atoms with E-state index >= 15 is 0 Å². The third kappa shape index (κ3) is 4.09. The second-order valence-corrected chi connectivity index (χ2v) is 7.41. The van der Waals surface area contributed by atoms with Crippen molar-refractivity contribution in [3.63, 3.8) is 0 Å². The van der Waals surface area contributed by atoms with E-state index in [1.54, 1.807) is 0 Å². The molecule has 0 aliphatic heterocycles. The van der Waals surface area contributed by atoms with Gasteiger partial charge in [-0.1, -0.05) is 109 Å². The van der Waals surface area contributed by atoms with E-state index in [2.05, 4.69) is 110 Å². The van der Waals surface area contributed by atoms with E-state index in [1.807, 2.05) is 12.1 Å². The highest BCUT2D eigenvalue weighted by atomic mass is 16.5. The van der Waals surface area contributed by atoms with Crippen LogP contribution in [-0.2, 0) is 5.41 Å². The Labute approximate surface area is 173 Å². The maximum Gasteiger partial charge on any atom is 0.119 e. The quantitative estimate of drug-likeness (QED) is 0.321. The van der Waals surface area contributed by atoms with Crippen LogP contribution in [0.2, 0.25) is 0 Å². The minimum Gasteiger partial charge on any atom is -0.494 e. The number of aryl methyl sites for hydroxylation is 1. The largest absolute Gasteiger partial charge is 0.494 e. The van der Waals surface area contributed by atoms with Gasteiger partial charge >= 0.3 is 0 Å². The van der Waals surface area contributed by atoms with Gasteiger partial charge in [0.1, 0.15) is 5.75 Å². The van der Waals surface area contributed by atoms with Crippen molar-refractivity contribution in [1.82, 2.24) is 0 Å². The fourth-order valence-corrected chi connectivity index (χ4v) is 4.06. The summed E-state index contributed by atoms with van der Waals surface area (Å²) in [6.45, 7) is 2.72.